The van der Waals surface area contributed by atoms with Crippen molar-refractivity contribution in [2.24, 2.45) is 10.4 Å². The van der Waals surface area contributed by atoms with Crippen molar-refractivity contribution in [3.05, 3.63) is 61.3 Å². The second-order valence-corrected chi connectivity index (χ2v) is 17.8. The van der Waals surface area contributed by atoms with E-state index in [0.717, 1.165) is 60.2 Å². The second kappa shape index (κ2) is 13.5. The molecule has 7 rings (SSSR count). The molecule has 6 aliphatic rings. The number of imide groups is 1. The van der Waals surface area contributed by atoms with Gasteiger partial charge in [0.25, 0.3) is 0 Å². The summed E-state index contributed by atoms with van der Waals surface area (Å²) in [4.78, 5) is 71.6. The monoisotopic (exact) mass is 766 g/mol. The van der Waals surface area contributed by atoms with Crippen LogP contribution in [0.25, 0.3) is 5.70 Å². The van der Waals surface area contributed by atoms with Gasteiger partial charge < -0.3 is 10.2 Å². The van der Waals surface area contributed by atoms with E-state index in [1.54, 1.807) is 15.5 Å². The van der Waals surface area contributed by atoms with Gasteiger partial charge in [-0.1, -0.05) is 0 Å². The van der Waals surface area contributed by atoms with Gasteiger partial charge >= 0.3 is 209 Å². The SMILES string of the molecule is C=[N+](C(=O)C1=CI2C=C(c3cccc(C(=O)NCCN4CCC(NC(=O)N5CCC6(CC(=O)NC6=O)C5)CC4)c3)N=C2C=C1)C1CCC1. The van der Waals surface area contributed by atoms with Crippen LogP contribution in [-0.2, 0) is 14.4 Å². The number of carbonyl (C=O) groups excluding carboxylic acids is 5. The number of halogens is 1. The van der Waals surface area contributed by atoms with Crippen LogP contribution in [0, 0.1) is 5.41 Å². The van der Waals surface area contributed by atoms with E-state index in [4.69, 9.17) is 4.99 Å². The zero-order valence-electron chi connectivity index (χ0n) is 26.9. The maximum absolute atomic E-state index is 13.1. The van der Waals surface area contributed by atoms with E-state index in [-0.39, 0.29) is 54.7 Å². The summed E-state index contributed by atoms with van der Waals surface area (Å²) in [7, 11) is 0. The van der Waals surface area contributed by atoms with Gasteiger partial charge in [0.2, 0.25) is 11.8 Å². The van der Waals surface area contributed by atoms with Gasteiger partial charge in [0.1, 0.15) is 0 Å². The van der Waals surface area contributed by atoms with Crippen molar-refractivity contribution in [3.63, 3.8) is 0 Å². The number of nitrogens with one attached hydrogen (secondary N) is 3. The Morgan fingerprint density at radius 2 is 1.90 bits per heavy atom. The Bertz CT molecular complexity index is 1700. The molecular formula is C35H41IN7O5+. The summed E-state index contributed by atoms with van der Waals surface area (Å²) < 4.78 is 6.96. The third-order valence-electron chi connectivity index (χ3n) is 10.3. The molecule has 0 aromatic heterocycles. The quantitative estimate of drug-likeness (QED) is 0.161. The van der Waals surface area contributed by atoms with Gasteiger partial charge in [-0.3, -0.25) is 14.9 Å². The Morgan fingerprint density at radius 3 is 2.62 bits per heavy atom. The average Bonchev–Trinajstić information content (AvgIpc) is 3.76. The van der Waals surface area contributed by atoms with Crippen LogP contribution in [-0.4, -0.2) is 106 Å². The molecule has 1 aromatic rings. The number of benzene rings is 1. The fraction of sp³-hybridized carbons (Fsp3) is 0.457. The first-order chi connectivity index (χ1) is 23.2. The second-order valence-electron chi connectivity index (χ2n) is 13.4. The van der Waals surface area contributed by atoms with Gasteiger partial charge in [-0.05, 0) is 6.42 Å². The van der Waals surface area contributed by atoms with Gasteiger partial charge in [0.05, 0.1) is 5.41 Å². The number of carbonyl (C=O) groups is 5. The van der Waals surface area contributed by atoms with Crippen molar-refractivity contribution in [1.29, 1.82) is 0 Å². The summed E-state index contributed by atoms with van der Waals surface area (Å²) in [5.41, 5.74) is 2.25. The summed E-state index contributed by atoms with van der Waals surface area (Å²) in [6, 6.07) is 7.64. The number of aliphatic imine (C=N–C) groups is 1. The van der Waals surface area contributed by atoms with Gasteiger partial charge in [0.15, 0.2) is 0 Å². The number of amides is 6. The van der Waals surface area contributed by atoms with Gasteiger partial charge in [-0.2, -0.15) is 0 Å². The molecule has 48 heavy (non-hydrogen) atoms. The molecule has 4 fully saturated rings. The van der Waals surface area contributed by atoms with Gasteiger partial charge in [-0.15, -0.1) is 0 Å². The number of hydrogen-bond donors (Lipinski definition) is 3. The summed E-state index contributed by atoms with van der Waals surface area (Å²) in [6.07, 6.45) is 9.28. The van der Waals surface area contributed by atoms with Crippen molar-refractivity contribution >= 4 is 65.6 Å². The van der Waals surface area contributed by atoms with E-state index < -0.39 is 25.2 Å². The maximum atomic E-state index is 13.1. The molecule has 5 heterocycles. The molecule has 1 saturated carbocycles. The van der Waals surface area contributed by atoms with Crippen molar-refractivity contribution in [2.45, 2.75) is 57.0 Å². The Kier molecular flexibility index (Phi) is 9.16. The van der Waals surface area contributed by atoms with Gasteiger partial charge in [0, 0.05) is 25.6 Å². The van der Waals surface area contributed by atoms with Crippen molar-refractivity contribution in [1.82, 2.24) is 25.8 Å². The van der Waals surface area contributed by atoms with Crippen LogP contribution in [0.5, 0.6) is 0 Å². The Labute approximate surface area is 286 Å². The van der Waals surface area contributed by atoms with E-state index >= 15 is 0 Å². The fourth-order valence-electron chi connectivity index (χ4n) is 7.03. The zero-order valence-corrected chi connectivity index (χ0v) is 29.0. The number of likely N-dealkylation sites (tertiary alicyclic amines) is 2. The molecule has 5 aliphatic heterocycles. The van der Waals surface area contributed by atoms with Crippen LogP contribution in [0.4, 0.5) is 4.79 Å². The molecule has 12 nitrogen and oxygen atoms in total. The first kappa shape index (κ1) is 32.6. The van der Waals surface area contributed by atoms with Crippen LogP contribution in [0.15, 0.2) is 55.1 Å². The van der Waals surface area contributed by atoms with E-state index in [1.165, 1.54) is 0 Å². The van der Waals surface area contributed by atoms with E-state index in [9.17, 15) is 24.0 Å². The van der Waals surface area contributed by atoms with Crippen LogP contribution >= 0.6 is 19.8 Å². The third-order valence-corrected chi connectivity index (χ3v) is 14.7. The van der Waals surface area contributed by atoms with E-state index in [1.807, 2.05) is 30.4 Å². The predicted molar refractivity (Wildman–Crippen MR) is 190 cm³/mol. The number of rotatable bonds is 8. The van der Waals surface area contributed by atoms with Crippen LogP contribution in [0.3, 0.4) is 0 Å². The number of urea groups is 1. The third kappa shape index (κ3) is 6.66. The molecule has 3 saturated heterocycles. The molecule has 0 radical (unpaired) electrons. The molecule has 252 valence electrons. The minimum absolute atomic E-state index is 0.0170. The first-order valence-electron chi connectivity index (χ1n) is 16.7. The first-order valence-corrected chi connectivity index (χ1v) is 20.3. The molecule has 1 aromatic carbocycles. The molecule has 1 atom stereocenters. The molecule has 3 N–H and O–H groups in total. The molecule has 13 heteroatoms. The number of hydrogen-bond acceptors (Lipinski definition) is 7. The van der Waals surface area contributed by atoms with E-state index in [2.05, 4.69) is 35.7 Å². The Balaban J connectivity index is 0.854. The number of piperidine rings is 1. The minimum atomic E-state index is -1.90. The summed E-state index contributed by atoms with van der Waals surface area (Å²) >= 11 is -1.90. The van der Waals surface area contributed by atoms with E-state index in [0.29, 0.717) is 37.2 Å². The van der Waals surface area contributed by atoms with Crippen molar-refractivity contribution in [3.8, 4) is 0 Å². The fourth-order valence-corrected chi connectivity index (χ4v) is 11.3. The number of nitrogens with zero attached hydrogens (tertiary/aromatic N) is 4. The summed E-state index contributed by atoms with van der Waals surface area (Å²) in [6.45, 7) is 7.58. The van der Waals surface area contributed by atoms with Gasteiger partial charge in [-0.25, -0.2) is 4.79 Å². The van der Waals surface area contributed by atoms with Crippen LogP contribution in [0.2, 0.25) is 0 Å². The molecule has 1 unspecified atom stereocenters. The van der Waals surface area contributed by atoms with Crippen LogP contribution in [0.1, 0.15) is 60.9 Å². The Morgan fingerprint density at radius 1 is 1.08 bits per heavy atom. The topological polar surface area (TPSA) is 143 Å². The van der Waals surface area contributed by atoms with Crippen molar-refractivity contribution in [2.75, 3.05) is 39.3 Å². The Hall–Kier alpha value is -3.98. The summed E-state index contributed by atoms with van der Waals surface area (Å²) in [5, 5.41) is 8.53. The van der Waals surface area contributed by atoms with Crippen molar-refractivity contribution < 1.29 is 28.5 Å². The average molecular weight is 767 g/mol. The predicted octanol–water partition coefficient (Wildman–Crippen LogP) is 2.79. The standard InChI is InChI=1S/C35H40IN7O5/c1-41(27-6-3-7-27)32(46)25-8-9-29-36(20-25)21-28(39-29)23-4-2-5-24(18-23)31(45)37-13-17-42-14-10-26(11-15-42)38-34(48)43-16-12-35(22-43)19-30(44)40-33(35)47/h2,4-5,8-9,18,20-21,26-27H,1,3,6-7,10-17,19,22H2,(H2-,37,38,40,44,45,47,48)/p+1. The summed E-state index contributed by atoms with van der Waals surface area (Å²) in [5.74, 6) is -0.681. The number of allylic oxidation sites excluding steroid dienone is 1. The molecule has 0 bridgehead atoms. The zero-order chi connectivity index (χ0) is 33.4. The normalized spacial score (nSPS) is 24.9. The molecule has 6 amide bonds. The van der Waals surface area contributed by atoms with Crippen LogP contribution < -0.4 is 16.0 Å². The molecular weight excluding hydrogens is 725 g/mol. The molecule has 1 spiro atoms. The number of fused-ring (bicyclic) bond motifs is 1. The molecule has 1 aliphatic carbocycles.